The summed E-state index contributed by atoms with van der Waals surface area (Å²) in [6.07, 6.45) is 1.84. The fourth-order valence-corrected chi connectivity index (χ4v) is 3.54. The van der Waals surface area contributed by atoms with Crippen LogP contribution in [0, 0.1) is 5.92 Å². The largest absolute Gasteiger partial charge is 0.467 e. The van der Waals surface area contributed by atoms with Crippen molar-refractivity contribution in [3.63, 3.8) is 0 Å². The second kappa shape index (κ2) is 13.4. The van der Waals surface area contributed by atoms with Gasteiger partial charge in [0.1, 0.15) is 12.1 Å². The fourth-order valence-electron chi connectivity index (χ4n) is 3.54. The van der Waals surface area contributed by atoms with Crippen molar-refractivity contribution < 1.29 is 19.1 Å². The van der Waals surface area contributed by atoms with E-state index >= 15 is 0 Å². The maximum atomic E-state index is 13.1. The molecule has 0 radical (unpaired) electrons. The summed E-state index contributed by atoms with van der Waals surface area (Å²) >= 11 is 0. The standard InChI is InChI=1S/C26H35N3O4/c1-18(2)16-22(28-24(30)21(27)15-14-19-10-6-4-7-11-19)25(31)29-23(26(32)33-3)17-20-12-8-5-9-13-20/h4-13,18,21-23H,14-17,27H2,1-3H3,(H,28,30)(H,29,31)/t21-,22+,23-/m1/s1. The molecule has 3 atom stereocenters. The molecule has 7 heteroatoms. The number of hydrogen-bond donors (Lipinski definition) is 3. The molecule has 0 aliphatic rings. The maximum absolute atomic E-state index is 13.1. The highest BCUT2D eigenvalue weighted by Gasteiger charge is 2.29. The summed E-state index contributed by atoms with van der Waals surface area (Å²) in [6.45, 7) is 3.92. The number of nitrogens with one attached hydrogen (secondary N) is 2. The molecule has 33 heavy (non-hydrogen) atoms. The van der Waals surface area contributed by atoms with Gasteiger partial charge in [-0.05, 0) is 36.3 Å². The Morgan fingerprint density at radius 2 is 1.39 bits per heavy atom. The van der Waals surface area contributed by atoms with E-state index in [1.54, 1.807) is 0 Å². The Bertz CT molecular complexity index is 887. The summed E-state index contributed by atoms with van der Waals surface area (Å²) in [5, 5.41) is 5.54. The van der Waals surface area contributed by atoms with Gasteiger partial charge in [-0.25, -0.2) is 4.79 Å². The summed E-state index contributed by atoms with van der Waals surface area (Å²) in [4.78, 5) is 38.1. The first-order valence-electron chi connectivity index (χ1n) is 11.3. The molecule has 0 spiro atoms. The lowest BCUT2D eigenvalue weighted by molar-refractivity contribution is -0.145. The van der Waals surface area contributed by atoms with Crippen LogP contribution in [0.5, 0.6) is 0 Å². The summed E-state index contributed by atoms with van der Waals surface area (Å²) < 4.78 is 4.88. The number of benzene rings is 2. The Morgan fingerprint density at radius 1 is 0.848 bits per heavy atom. The van der Waals surface area contributed by atoms with E-state index in [9.17, 15) is 14.4 Å². The number of nitrogens with two attached hydrogens (primary N) is 1. The number of esters is 1. The highest BCUT2D eigenvalue weighted by Crippen LogP contribution is 2.10. The molecule has 0 aliphatic heterocycles. The topological polar surface area (TPSA) is 111 Å². The Hall–Kier alpha value is -3.19. The van der Waals surface area contributed by atoms with Crippen molar-refractivity contribution in [1.29, 1.82) is 0 Å². The molecule has 0 fully saturated rings. The molecule has 4 N–H and O–H groups in total. The van der Waals surface area contributed by atoms with Gasteiger partial charge in [0.2, 0.25) is 11.8 Å². The van der Waals surface area contributed by atoms with Crippen LogP contribution in [0.1, 0.15) is 37.8 Å². The van der Waals surface area contributed by atoms with E-state index in [4.69, 9.17) is 10.5 Å². The van der Waals surface area contributed by atoms with Crippen LogP contribution in [0.4, 0.5) is 0 Å². The molecule has 0 saturated heterocycles. The summed E-state index contributed by atoms with van der Waals surface area (Å²) in [5.41, 5.74) is 8.09. The highest BCUT2D eigenvalue weighted by atomic mass is 16.5. The zero-order valence-electron chi connectivity index (χ0n) is 19.6. The average molecular weight is 454 g/mol. The van der Waals surface area contributed by atoms with Gasteiger partial charge in [0, 0.05) is 6.42 Å². The molecular weight excluding hydrogens is 418 g/mol. The molecule has 2 rings (SSSR count). The van der Waals surface area contributed by atoms with Crippen LogP contribution in [0.15, 0.2) is 60.7 Å². The van der Waals surface area contributed by atoms with Crippen molar-refractivity contribution in [2.45, 2.75) is 57.7 Å². The Morgan fingerprint density at radius 3 is 1.94 bits per heavy atom. The Kier molecular flexibility index (Phi) is 10.6. The Balaban J connectivity index is 2.02. The van der Waals surface area contributed by atoms with E-state index in [1.165, 1.54) is 7.11 Å². The van der Waals surface area contributed by atoms with Gasteiger partial charge in [0.05, 0.1) is 13.2 Å². The third-order valence-electron chi connectivity index (χ3n) is 5.35. The molecule has 0 saturated carbocycles. The minimum absolute atomic E-state index is 0.146. The third-order valence-corrected chi connectivity index (χ3v) is 5.35. The lowest BCUT2D eigenvalue weighted by atomic mass is 10.00. The van der Waals surface area contributed by atoms with Crippen LogP contribution >= 0.6 is 0 Å². The minimum Gasteiger partial charge on any atom is -0.467 e. The molecule has 2 aromatic carbocycles. The second-order valence-electron chi connectivity index (χ2n) is 8.60. The summed E-state index contributed by atoms with van der Waals surface area (Å²) in [6, 6.07) is 16.7. The number of aryl methyl sites for hydroxylation is 1. The van der Waals surface area contributed by atoms with E-state index in [0.717, 1.165) is 11.1 Å². The number of ether oxygens (including phenoxy) is 1. The number of carbonyl (C=O) groups excluding carboxylic acids is 3. The lowest BCUT2D eigenvalue weighted by Crippen LogP contribution is -2.55. The maximum Gasteiger partial charge on any atom is 0.328 e. The minimum atomic E-state index is -0.858. The Labute approximate surface area is 196 Å². The van der Waals surface area contributed by atoms with Crippen molar-refractivity contribution in [1.82, 2.24) is 10.6 Å². The number of amides is 2. The summed E-state index contributed by atoms with van der Waals surface area (Å²) in [5.74, 6) is -1.21. The van der Waals surface area contributed by atoms with E-state index in [2.05, 4.69) is 10.6 Å². The van der Waals surface area contributed by atoms with Crippen LogP contribution in [0.2, 0.25) is 0 Å². The number of rotatable bonds is 12. The SMILES string of the molecule is COC(=O)[C@@H](Cc1ccccc1)NC(=O)[C@H](CC(C)C)NC(=O)[C@H](N)CCc1ccccc1. The van der Waals surface area contributed by atoms with E-state index < -0.39 is 30.0 Å². The van der Waals surface area contributed by atoms with Crippen LogP contribution in [-0.4, -0.2) is 43.0 Å². The first-order chi connectivity index (χ1) is 15.8. The van der Waals surface area contributed by atoms with E-state index in [-0.39, 0.29) is 18.2 Å². The zero-order chi connectivity index (χ0) is 24.2. The summed E-state index contributed by atoms with van der Waals surface area (Å²) in [7, 11) is 1.28. The molecule has 0 bridgehead atoms. The molecule has 7 nitrogen and oxygen atoms in total. The molecular formula is C26H35N3O4. The van der Waals surface area contributed by atoms with Gasteiger partial charge in [-0.1, -0.05) is 74.5 Å². The quantitative estimate of drug-likeness (QED) is 0.428. The van der Waals surface area contributed by atoms with E-state index in [1.807, 2.05) is 74.5 Å². The van der Waals surface area contributed by atoms with Crippen molar-refractivity contribution in [3.8, 4) is 0 Å². The molecule has 178 valence electrons. The molecule has 0 aliphatic carbocycles. The van der Waals surface area contributed by atoms with Gasteiger partial charge < -0.3 is 21.1 Å². The third kappa shape index (κ3) is 9.06. The number of hydrogen-bond acceptors (Lipinski definition) is 5. The predicted octanol–water partition coefficient (Wildman–Crippen LogP) is 2.38. The molecule has 0 unspecified atom stereocenters. The van der Waals surface area contributed by atoms with Crippen molar-refractivity contribution in [2.24, 2.45) is 11.7 Å². The highest BCUT2D eigenvalue weighted by molar-refractivity contribution is 5.92. The van der Waals surface area contributed by atoms with Crippen LogP contribution in [-0.2, 0) is 32.0 Å². The average Bonchev–Trinajstić information content (AvgIpc) is 2.82. The van der Waals surface area contributed by atoms with Gasteiger partial charge in [0.25, 0.3) is 0 Å². The van der Waals surface area contributed by atoms with Crippen molar-refractivity contribution in [3.05, 3.63) is 71.8 Å². The van der Waals surface area contributed by atoms with Gasteiger partial charge in [-0.15, -0.1) is 0 Å². The number of methoxy groups -OCH3 is 1. The fraction of sp³-hybridized carbons (Fsp3) is 0.423. The van der Waals surface area contributed by atoms with Crippen LogP contribution in [0.25, 0.3) is 0 Å². The van der Waals surface area contributed by atoms with Crippen LogP contribution < -0.4 is 16.4 Å². The van der Waals surface area contributed by atoms with Gasteiger partial charge in [0.15, 0.2) is 0 Å². The zero-order valence-corrected chi connectivity index (χ0v) is 19.6. The normalized spacial score (nSPS) is 13.6. The van der Waals surface area contributed by atoms with Gasteiger partial charge >= 0.3 is 5.97 Å². The van der Waals surface area contributed by atoms with E-state index in [0.29, 0.717) is 19.3 Å². The molecule has 0 heterocycles. The predicted molar refractivity (Wildman–Crippen MR) is 128 cm³/mol. The lowest BCUT2D eigenvalue weighted by Gasteiger charge is -2.24. The van der Waals surface area contributed by atoms with Gasteiger partial charge in [-0.3, -0.25) is 9.59 Å². The molecule has 2 amide bonds. The smallest absolute Gasteiger partial charge is 0.328 e. The molecule has 0 aromatic heterocycles. The first-order valence-corrected chi connectivity index (χ1v) is 11.3. The monoisotopic (exact) mass is 453 g/mol. The van der Waals surface area contributed by atoms with Crippen LogP contribution in [0.3, 0.4) is 0 Å². The number of carbonyl (C=O) groups is 3. The van der Waals surface area contributed by atoms with Crippen molar-refractivity contribution in [2.75, 3.05) is 7.11 Å². The van der Waals surface area contributed by atoms with Gasteiger partial charge in [-0.2, -0.15) is 0 Å². The van der Waals surface area contributed by atoms with Crippen molar-refractivity contribution >= 4 is 17.8 Å². The molecule has 2 aromatic rings. The first kappa shape index (κ1) is 26.1. The second-order valence-corrected chi connectivity index (χ2v) is 8.60.